The van der Waals surface area contributed by atoms with Crippen molar-refractivity contribution in [3.8, 4) is 17.0 Å². The molecule has 1 amide bonds. The minimum Gasteiger partial charge on any atom is -0.495 e. The van der Waals surface area contributed by atoms with Crippen molar-refractivity contribution in [1.29, 1.82) is 0 Å². The standard InChI is InChI=1S/C15H12ClN3O3S/c1-8-5-13(22-19-8)14(20)18-15-17-11(7-23-15)9-3-4-12(21-2)10(16)6-9/h3-7H,1-2H3,(H,17,18,20). The number of rotatable bonds is 4. The Balaban J connectivity index is 1.78. The van der Waals surface area contributed by atoms with Crippen molar-refractivity contribution in [2.75, 3.05) is 12.4 Å². The van der Waals surface area contributed by atoms with Crippen LogP contribution in [0.2, 0.25) is 5.02 Å². The first-order valence-electron chi connectivity index (χ1n) is 6.61. The highest BCUT2D eigenvalue weighted by Crippen LogP contribution is 2.31. The van der Waals surface area contributed by atoms with Crippen molar-refractivity contribution < 1.29 is 14.1 Å². The number of nitrogens with zero attached hydrogens (tertiary/aromatic N) is 2. The monoisotopic (exact) mass is 349 g/mol. The Morgan fingerprint density at radius 1 is 1.39 bits per heavy atom. The summed E-state index contributed by atoms with van der Waals surface area (Å²) in [6.45, 7) is 1.75. The number of hydrogen-bond acceptors (Lipinski definition) is 6. The molecule has 6 nitrogen and oxygen atoms in total. The number of amides is 1. The molecule has 0 unspecified atom stereocenters. The van der Waals surface area contributed by atoms with Gasteiger partial charge in [-0.3, -0.25) is 10.1 Å². The van der Waals surface area contributed by atoms with Gasteiger partial charge in [-0.05, 0) is 25.1 Å². The molecular weight excluding hydrogens is 338 g/mol. The van der Waals surface area contributed by atoms with Gasteiger partial charge >= 0.3 is 0 Å². The van der Waals surface area contributed by atoms with Crippen LogP contribution < -0.4 is 10.1 Å². The Kier molecular flexibility index (Phi) is 4.31. The van der Waals surface area contributed by atoms with Gasteiger partial charge in [0.15, 0.2) is 5.13 Å². The first kappa shape index (κ1) is 15.5. The molecule has 0 bridgehead atoms. The third kappa shape index (κ3) is 3.35. The highest BCUT2D eigenvalue weighted by Gasteiger charge is 2.14. The maximum Gasteiger partial charge on any atom is 0.296 e. The van der Waals surface area contributed by atoms with E-state index in [1.807, 2.05) is 11.4 Å². The first-order valence-corrected chi connectivity index (χ1v) is 7.86. The number of carbonyl (C=O) groups excluding carboxylic acids is 1. The Morgan fingerprint density at radius 2 is 2.22 bits per heavy atom. The molecule has 23 heavy (non-hydrogen) atoms. The van der Waals surface area contributed by atoms with Gasteiger partial charge in [-0.2, -0.15) is 0 Å². The molecule has 0 saturated carbocycles. The molecule has 0 spiro atoms. The molecular formula is C15H12ClN3O3S. The van der Waals surface area contributed by atoms with E-state index in [2.05, 4.69) is 15.5 Å². The first-order chi connectivity index (χ1) is 11.1. The van der Waals surface area contributed by atoms with Gasteiger partial charge in [-0.1, -0.05) is 16.8 Å². The lowest BCUT2D eigenvalue weighted by Gasteiger charge is -2.04. The topological polar surface area (TPSA) is 77.2 Å². The van der Waals surface area contributed by atoms with E-state index in [0.29, 0.717) is 27.3 Å². The number of nitrogens with one attached hydrogen (secondary N) is 1. The number of carbonyl (C=O) groups is 1. The number of ether oxygens (including phenoxy) is 1. The van der Waals surface area contributed by atoms with Crippen LogP contribution in [0.5, 0.6) is 5.75 Å². The molecule has 8 heteroatoms. The molecule has 2 heterocycles. The average Bonchev–Trinajstić information content (AvgIpc) is 3.16. The predicted octanol–water partition coefficient (Wildman–Crippen LogP) is 4.02. The third-order valence-corrected chi connectivity index (χ3v) is 4.08. The SMILES string of the molecule is COc1ccc(-c2csc(NC(=O)c3cc(C)no3)n2)cc1Cl. The van der Waals surface area contributed by atoms with Crippen molar-refractivity contribution >= 4 is 34.0 Å². The fourth-order valence-electron chi connectivity index (χ4n) is 1.92. The van der Waals surface area contributed by atoms with Crippen LogP contribution in [-0.2, 0) is 0 Å². The van der Waals surface area contributed by atoms with Gasteiger partial charge in [0.2, 0.25) is 5.76 Å². The number of aryl methyl sites for hydroxylation is 1. The summed E-state index contributed by atoms with van der Waals surface area (Å²) in [5, 5.41) is 9.15. The zero-order chi connectivity index (χ0) is 16.4. The summed E-state index contributed by atoms with van der Waals surface area (Å²) in [4.78, 5) is 16.4. The van der Waals surface area contributed by atoms with Crippen LogP contribution in [0.1, 0.15) is 16.2 Å². The Labute approximate surface area is 141 Å². The number of halogens is 1. The largest absolute Gasteiger partial charge is 0.495 e. The summed E-state index contributed by atoms with van der Waals surface area (Å²) >= 11 is 7.42. The maximum atomic E-state index is 12.0. The second-order valence-corrected chi connectivity index (χ2v) is 5.94. The van der Waals surface area contributed by atoms with E-state index in [0.717, 1.165) is 5.56 Å². The van der Waals surface area contributed by atoms with Gasteiger partial charge in [0.05, 0.1) is 23.5 Å². The zero-order valence-electron chi connectivity index (χ0n) is 12.3. The van der Waals surface area contributed by atoms with Crippen LogP contribution >= 0.6 is 22.9 Å². The predicted molar refractivity (Wildman–Crippen MR) is 88.3 cm³/mol. The molecule has 1 aromatic carbocycles. The summed E-state index contributed by atoms with van der Waals surface area (Å²) in [5.74, 6) is 0.353. The van der Waals surface area contributed by atoms with E-state index in [4.69, 9.17) is 20.9 Å². The van der Waals surface area contributed by atoms with Crippen LogP contribution in [-0.4, -0.2) is 23.2 Å². The fraction of sp³-hybridized carbons (Fsp3) is 0.133. The maximum absolute atomic E-state index is 12.0. The van der Waals surface area contributed by atoms with E-state index in [-0.39, 0.29) is 11.7 Å². The Bertz CT molecular complexity index is 859. The number of benzene rings is 1. The van der Waals surface area contributed by atoms with Crippen molar-refractivity contribution in [3.63, 3.8) is 0 Å². The van der Waals surface area contributed by atoms with Crippen LogP contribution in [0, 0.1) is 6.92 Å². The molecule has 0 aliphatic rings. The van der Waals surface area contributed by atoms with Crippen LogP contribution in [0.3, 0.4) is 0 Å². The lowest BCUT2D eigenvalue weighted by atomic mass is 10.2. The highest BCUT2D eigenvalue weighted by molar-refractivity contribution is 7.14. The van der Waals surface area contributed by atoms with Crippen molar-refractivity contribution in [2.45, 2.75) is 6.92 Å². The smallest absolute Gasteiger partial charge is 0.296 e. The normalized spacial score (nSPS) is 10.6. The molecule has 0 fully saturated rings. The molecule has 118 valence electrons. The second-order valence-electron chi connectivity index (χ2n) is 4.67. The highest BCUT2D eigenvalue weighted by atomic mass is 35.5. The number of aromatic nitrogens is 2. The quantitative estimate of drug-likeness (QED) is 0.769. The molecule has 0 aliphatic heterocycles. The van der Waals surface area contributed by atoms with Gasteiger partial charge < -0.3 is 9.26 Å². The van der Waals surface area contributed by atoms with Gasteiger partial charge in [0, 0.05) is 17.0 Å². The zero-order valence-corrected chi connectivity index (χ0v) is 13.9. The minimum atomic E-state index is -0.390. The Hall–Kier alpha value is -2.38. The molecule has 3 aromatic rings. The minimum absolute atomic E-state index is 0.145. The molecule has 3 rings (SSSR count). The van der Waals surface area contributed by atoms with Crippen LogP contribution in [0.4, 0.5) is 5.13 Å². The number of hydrogen-bond donors (Lipinski definition) is 1. The Morgan fingerprint density at radius 3 is 2.87 bits per heavy atom. The summed E-state index contributed by atoms with van der Waals surface area (Å²) in [7, 11) is 1.56. The van der Waals surface area contributed by atoms with Crippen LogP contribution in [0.25, 0.3) is 11.3 Å². The van der Waals surface area contributed by atoms with E-state index in [9.17, 15) is 4.79 Å². The fourth-order valence-corrected chi connectivity index (χ4v) is 2.89. The van der Waals surface area contributed by atoms with Crippen LogP contribution in [0.15, 0.2) is 34.2 Å². The molecule has 2 aromatic heterocycles. The molecule has 0 aliphatic carbocycles. The van der Waals surface area contributed by atoms with Gasteiger partial charge in [0.25, 0.3) is 5.91 Å². The molecule has 1 N–H and O–H groups in total. The second kappa shape index (κ2) is 6.39. The number of thiazole rings is 1. The number of methoxy groups -OCH3 is 1. The molecule has 0 radical (unpaired) electrons. The van der Waals surface area contributed by atoms with E-state index in [1.165, 1.54) is 11.3 Å². The van der Waals surface area contributed by atoms with Gasteiger partial charge in [-0.25, -0.2) is 4.98 Å². The molecule has 0 saturated heterocycles. The number of anilines is 1. The summed E-state index contributed by atoms with van der Waals surface area (Å²) in [5.41, 5.74) is 2.19. The molecule has 0 atom stereocenters. The summed E-state index contributed by atoms with van der Waals surface area (Å²) in [6, 6.07) is 6.95. The average molecular weight is 350 g/mol. The van der Waals surface area contributed by atoms with Gasteiger partial charge in [0.1, 0.15) is 5.75 Å². The summed E-state index contributed by atoms with van der Waals surface area (Å²) < 4.78 is 10.0. The van der Waals surface area contributed by atoms with E-state index < -0.39 is 0 Å². The van der Waals surface area contributed by atoms with Crippen molar-refractivity contribution in [2.24, 2.45) is 0 Å². The third-order valence-electron chi connectivity index (χ3n) is 3.02. The van der Waals surface area contributed by atoms with E-state index >= 15 is 0 Å². The van der Waals surface area contributed by atoms with Crippen molar-refractivity contribution in [1.82, 2.24) is 10.1 Å². The summed E-state index contributed by atoms with van der Waals surface area (Å²) in [6.07, 6.45) is 0. The lowest BCUT2D eigenvalue weighted by molar-refractivity contribution is 0.0988. The van der Waals surface area contributed by atoms with E-state index in [1.54, 1.807) is 32.2 Å². The lowest BCUT2D eigenvalue weighted by Crippen LogP contribution is -2.10. The van der Waals surface area contributed by atoms with Gasteiger partial charge in [-0.15, -0.1) is 11.3 Å². The van der Waals surface area contributed by atoms with Crippen molar-refractivity contribution in [3.05, 3.63) is 46.1 Å².